The predicted molar refractivity (Wildman–Crippen MR) is 291 cm³/mol. The second-order valence-corrected chi connectivity index (χ2v) is 18.5. The molecule has 2 aliphatic rings. The number of furan rings is 2. The summed E-state index contributed by atoms with van der Waals surface area (Å²) in [6.45, 7) is 0. The highest BCUT2D eigenvalue weighted by Crippen LogP contribution is 2.60. The Morgan fingerprint density at radius 1 is 0.214 bits per heavy atom. The van der Waals surface area contributed by atoms with Crippen molar-refractivity contribution in [2.24, 2.45) is 0 Å². The van der Waals surface area contributed by atoms with Crippen LogP contribution in [-0.2, 0) is 0 Å². The van der Waals surface area contributed by atoms with Gasteiger partial charge >= 0.3 is 0 Å². The van der Waals surface area contributed by atoms with Crippen LogP contribution in [-0.4, -0.2) is 0 Å². The number of benzene rings is 12. The fourth-order valence-electron chi connectivity index (χ4n) is 11.8. The number of nitrogens with zero attached hydrogens (tertiary/aromatic N) is 4. The third kappa shape index (κ3) is 5.11. The normalized spacial score (nSPS) is 13.3. The summed E-state index contributed by atoms with van der Waals surface area (Å²) in [6, 6.07) is 83.3. The van der Waals surface area contributed by atoms with E-state index < -0.39 is 0 Å². The number of rotatable bonds is 4. The van der Waals surface area contributed by atoms with Gasteiger partial charge in [-0.2, -0.15) is 0 Å². The predicted octanol–water partition coefficient (Wildman–Crippen LogP) is 18.9. The molecule has 0 aliphatic carbocycles. The topological polar surface area (TPSA) is 39.2 Å². The van der Waals surface area contributed by atoms with E-state index in [2.05, 4.69) is 238 Å². The first-order valence-electron chi connectivity index (χ1n) is 23.8. The second-order valence-electron chi connectivity index (χ2n) is 18.5. The molecule has 2 aliphatic heterocycles. The molecule has 0 bridgehead atoms. The molecule has 0 radical (unpaired) electrons. The Balaban J connectivity index is 0.951. The van der Waals surface area contributed by atoms with Gasteiger partial charge in [-0.1, -0.05) is 133 Å². The average Bonchev–Trinajstić information content (AvgIpc) is 3.97. The van der Waals surface area contributed by atoms with E-state index in [4.69, 9.17) is 8.83 Å². The van der Waals surface area contributed by atoms with Crippen LogP contribution >= 0.6 is 0 Å². The lowest BCUT2D eigenvalue weighted by molar-refractivity contribution is 0.668. The van der Waals surface area contributed by atoms with Gasteiger partial charge < -0.3 is 28.4 Å². The molecule has 0 unspecified atom stereocenters. The summed E-state index contributed by atoms with van der Waals surface area (Å²) in [5.41, 5.74) is 16.5. The fraction of sp³-hybridized carbons (Fsp3) is 0. The second kappa shape index (κ2) is 14.0. The van der Waals surface area contributed by atoms with Crippen LogP contribution in [0.15, 0.2) is 239 Å². The van der Waals surface area contributed by atoms with E-state index in [-0.39, 0.29) is 0 Å². The number of anilines is 12. The van der Waals surface area contributed by atoms with E-state index in [1.807, 2.05) is 12.1 Å². The summed E-state index contributed by atoms with van der Waals surface area (Å²) < 4.78 is 13.3. The Morgan fingerprint density at radius 2 is 0.571 bits per heavy atom. The van der Waals surface area contributed by atoms with E-state index in [1.54, 1.807) is 0 Å². The molecule has 0 fully saturated rings. The Bertz CT molecular complexity index is 4170. The zero-order valence-electron chi connectivity index (χ0n) is 37.5. The fourth-order valence-corrected chi connectivity index (χ4v) is 11.8. The molecule has 12 aromatic carbocycles. The van der Waals surface area contributed by atoms with Gasteiger partial charge in [0.2, 0.25) is 0 Å². The molecule has 0 saturated carbocycles. The van der Waals surface area contributed by atoms with E-state index in [9.17, 15) is 0 Å². The lowest BCUT2D eigenvalue weighted by Crippen LogP contribution is -2.24. The monoisotopic (exact) mass is 894 g/mol. The van der Waals surface area contributed by atoms with Crippen LogP contribution in [0.5, 0.6) is 0 Å². The number of fused-ring (bicyclic) bond motifs is 10. The molecule has 70 heavy (non-hydrogen) atoms. The first-order valence-corrected chi connectivity index (χ1v) is 23.8. The molecule has 14 aromatic rings. The Labute approximate surface area is 401 Å². The smallest absolute Gasteiger partial charge is 0.137 e. The third-order valence-electron chi connectivity index (χ3n) is 14.8. The quantitative estimate of drug-likeness (QED) is 0.164. The molecule has 326 valence electrons. The zero-order valence-corrected chi connectivity index (χ0v) is 37.5. The molecule has 2 aromatic heterocycles. The van der Waals surface area contributed by atoms with Crippen molar-refractivity contribution < 1.29 is 8.83 Å². The van der Waals surface area contributed by atoms with Gasteiger partial charge in [-0.3, -0.25) is 0 Å². The molecule has 0 N–H and O–H groups in total. The van der Waals surface area contributed by atoms with E-state index in [0.29, 0.717) is 0 Å². The molecule has 4 heterocycles. The molecule has 0 amide bonds. The van der Waals surface area contributed by atoms with Crippen LogP contribution in [0.2, 0.25) is 0 Å². The van der Waals surface area contributed by atoms with E-state index in [1.165, 1.54) is 32.3 Å². The standard InChI is InChI=1S/C64H38N4O2/c1-3-15-41(16-4-1)65-51-21-9-11-23-53(51)67(57-37-61-47(35-55(57)65)43-19-7-13-25-59(43)69-61)49-33-29-39-28-32-46-50(34-30-40-27-31-45(49)63(39)64(40)46)68-54-24-12-10-22-52(54)66(42-17-5-2-6-18-42)56-36-48-44-20-8-14-26-60(44)70-62(48)38-58(56)68/h1-38H. The lowest BCUT2D eigenvalue weighted by Gasteiger charge is -2.41. The maximum Gasteiger partial charge on any atom is 0.137 e. The minimum absolute atomic E-state index is 0.854. The molecular weight excluding hydrogens is 857 g/mol. The average molecular weight is 895 g/mol. The Morgan fingerprint density at radius 3 is 1.01 bits per heavy atom. The van der Waals surface area contributed by atoms with Crippen molar-refractivity contribution >= 4 is 144 Å². The number of hydrogen-bond donors (Lipinski definition) is 0. The first kappa shape index (κ1) is 37.6. The van der Waals surface area contributed by atoms with Crippen LogP contribution < -0.4 is 19.6 Å². The van der Waals surface area contributed by atoms with Crippen molar-refractivity contribution in [3.05, 3.63) is 231 Å². The summed E-state index contributed by atoms with van der Waals surface area (Å²) in [5, 5.41) is 11.6. The summed E-state index contributed by atoms with van der Waals surface area (Å²) in [4.78, 5) is 9.71. The molecule has 6 heteroatoms. The Kier molecular flexibility index (Phi) is 7.52. The summed E-state index contributed by atoms with van der Waals surface area (Å²) in [5.74, 6) is 0. The largest absolute Gasteiger partial charge is 0.456 e. The first-order chi connectivity index (χ1) is 34.7. The number of para-hydroxylation sites is 8. The third-order valence-corrected chi connectivity index (χ3v) is 14.8. The summed E-state index contributed by atoms with van der Waals surface area (Å²) >= 11 is 0. The van der Waals surface area contributed by atoms with E-state index in [0.717, 1.165) is 112 Å². The minimum atomic E-state index is 0.854. The van der Waals surface area contributed by atoms with Gasteiger partial charge in [0.05, 0.1) is 56.9 Å². The van der Waals surface area contributed by atoms with Crippen LogP contribution in [0, 0.1) is 0 Å². The SMILES string of the molecule is c1ccc(N2c3ccccc3N(c3ccc4ccc5c(N6c7ccccc7N(c7ccccc7)c7cc8c(cc76)oc6ccccc68)ccc6ccc3c4c65)c3cc4oc5ccccc5c4cc32)cc1. The van der Waals surface area contributed by atoms with Crippen molar-refractivity contribution in [1.82, 2.24) is 0 Å². The molecular formula is C64H38N4O2. The van der Waals surface area contributed by atoms with Crippen molar-refractivity contribution in [3.8, 4) is 0 Å². The van der Waals surface area contributed by atoms with Crippen molar-refractivity contribution in [1.29, 1.82) is 0 Å². The van der Waals surface area contributed by atoms with Gasteiger partial charge in [0.25, 0.3) is 0 Å². The highest BCUT2D eigenvalue weighted by atomic mass is 16.3. The van der Waals surface area contributed by atoms with Crippen LogP contribution in [0.1, 0.15) is 0 Å². The van der Waals surface area contributed by atoms with E-state index >= 15 is 0 Å². The van der Waals surface area contributed by atoms with Crippen molar-refractivity contribution in [3.63, 3.8) is 0 Å². The van der Waals surface area contributed by atoms with Gasteiger partial charge in [0.1, 0.15) is 22.3 Å². The maximum atomic E-state index is 6.64. The highest BCUT2D eigenvalue weighted by Gasteiger charge is 2.35. The van der Waals surface area contributed by atoms with Gasteiger partial charge in [-0.05, 0) is 106 Å². The molecule has 16 rings (SSSR count). The molecule has 0 saturated heterocycles. The molecule has 0 spiro atoms. The Hall–Kier alpha value is -9.52. The van der Waals surface area contributed by atoms with Crippen LogP contribution in [0.4, 0.5) is 68.2 Å². The van der Waals surface area contributed by atoms with Crippen molar-refractivity contribution in [2.75, 3.05) is 19.6 Å². The summed E-state index contributed by atoms with van der Waals surface area (Å²) in [6.07, 6.45) is 0. The summed E-state index contributed by atoms with van der Waals surface area (Å²) in [7, 11) is 0. The lowest BCUT2D eigenvalue weighted by atomic mass is 9.91. The number of hydrogen-bond acceptors (Lipinski definition) is 6. The molecule has 6 nitrogen and oxygen atoms in total. The van der Waals surface area contributed by atoms with Gasteiger partial charge in [-0.15, -0.1) is 0 Å². The zero-order chi connectivity index (χ0) is 45.6. The molecule has 0 atom stereocenters. The van der Waals surface area contributed by atoms with Gasteiger partial charge in [0.15, 0.2) is 0 Å². The van der Waals surface area contributed by atoms with Gasteiger partial charge in [-0.25, -0.2) is 0 Å². The van der Waals surface area contributed by atoms with Crippen LogP contribution in [0.25, 0.3) is 76.2 Å². The minimum Gasteiger partial charge on any atom is -0.456 e. The highest BCUT2D eigenvalue weighted by molar-refractivity contribution is 6.29. The van der Waals surface area contributed by atoms with Crippen LogP contribution in [0.3, 0.4) is 0 Å². The van der Waals surface area contributed by atoms with Crippen molar-refractivity contribution in [2.45, 2.75) is 0 Å². The maximum absolute atomic E-state index is 6.64. The van der Waals surface area contributed by atoms with Gasteiger partial charge in [0, 0.05) is 55.8 Å².